The number of aromatic amines is 1. The minimum absolute atomic E-state index is 0.0959. The first-order valence-corrected chi connectivity index (χ1v) is 6.47. The second-order valence-corrected chi connectivity index (χ2v) is 4.97. The number of pyridine rings is 1. The second kappa shape index (κ2) is 4.63. The predicted molar refractivity (Wildman–Crippen MR) is 72.6 cm³/mol. The molecule has 20 heavy (non-hydrogen) atoms. The minimum Gasteiger partial charge on any atom is -0.465 e. The Morgan fingerprint density at radius 1 is 1.45 bits per heavy atom. The molecule has 0 aliphatic heterocycles. The number of nitrogens with zero attached hydrogens (tertiary/aromatic N) is 2. The smallest absolute Gasteiger partial charge is 0.337 e. The van der Waals surface area contributed by atoms with Crippen molar-refractivity contribution in [3.63, 3.8) is 0 Å². The molecule has 0 unspecified atom stereocenters. The van der Waals surface area contributed by atoms with Gasteiger partial charge in [0.1, 0.15) is 0 Å². The Kier molecular flexibility index (Phi) is 2.93. The van der Waals surface area contributed by atoms with E-state index in [-0.39, 0.29) is 11.6 Å². The van der Waals surface area contributed by atoms with Crippen molar-refractivity contribution in [2.24, 2.45) is 0 Å². The molecule has 0 radical (unpaired) electrons. The fourth-order valence-electron chi connectivity index (χ4n) is 2.21. The summed E-state index contributed by atoms with van der Waals surface area (Å²) in [5.74, 6) is -0.435. The van der Waals surface area contributed by atoms with Gasteiger partial charge in [0.15, 0.2) is 0 Å². The lowest BCUT2D eigenvalue weighted by Crippen LogP contribution is -2.16. The highest BCUT2D eigenvalue weighted by Crippen LogP contribution is 2.33. The van der Waals surface area contributed by atoms with Gasteiger partial charge < -0.3 is 9.84 Å². The minimum atomic E-state index is -0.435. The van der Waals surface area contributed by atoms with E-state index in [2.05, 4.69) is 10.1 Å². The van der Waals surface area contributed by atoms with E-state index < -0.39 is 5.97 Å². The summed E-state index contributed by atoms with van der Waals surface area (Å²) in [6.07, 6.45) is 3.69. The van der Waals surface area contributed by atoms with Gasteiger partial charge in [0.05, 0.1) is 30.0 Å². The standard InChI is InChI=1S/C14H15N3O3/c1-8-5-9(14(19)20-2)6-12(16-8)11-7-15-17(13(11)18)10-3-4-10/h5-7,10,15H,3-4H2,1-2H3. The van der Waals surface area contributed by atoms with Crippen LogP contribution in [0.1, 0.15) is 34.9 Å². The van der Waals surface area contributed by atoms with Crippen molar-refractivity contribution < 1.29 is 9.53 Å². The topological polar surface area (TPSA) is 77.0 Å². The van der Waals surface area contributed by atoms with Crippen molar-refractivity contribution in [1.29, 1.82) is 0 Å². The Morgan fingerprint density at radius 3 is 2.85 bits per heavy atom. The maximum atomic E-state index is 12.3. The molecular weight excluding hydrogens is 258 g/mol. The molecule has 1 N–H and O–H groups in total. The lowest BCUT2D eigenvalue weighted by atomic mass is 10.1. The van der Waals surface area contributed by atoms with Gasteiger partial charge in [-0.3, -0.25) is 9.78 Å². The zero-order valence-electron chi connectivity index (χ0n) is 11.3. The molecule has 3 rings (SSSR count). The van der Waals surface area contributed by atoms with E-state index in [0.29, 0.717) is 22.5 Å². The molecule has 1 aliphatic rings. The Morgan fingerprint density at radius 2 is 2.20 bits per heavy atom. The molecule has 6 nitrogen and oxygen atoms in total. The zero-order valence-corrected chi connectivity index (χ0v) is 11.3. The van der Waals surface area contributed by atoms with Gasteiger partial charge in [-0.05, 0) is 31.9 Å². The summed E-state index contributed by atoms with van der Waals surface area (Å²) >= 11 is 0. The van der Waals surface area contributed by atoms with Crippen molar-refractivity contribution in [3.8, 4) is 11.3 Å². The number of carbonyl (C=O) groups is 1. The highest BCUT2D eigenvalue weighted by atomic mass is 16.5. The van der Waals surface area contributed by atoms with Crippen molar-refractivity contribution in [1.82, 2.24) is 14.8 Å². The number of ether oxygens (including phenoxy) is 1. The van der Waals surface area contributed by atoms with Crippen LogP contribution in [0.4, 0.5) is 0 Å². The molecule has 1 fully saturated rings. The first-order chi connectivity index (χ1) is 9.60. The summed E-state index contributed by atoms with van der Waals surface area (Å²) in [4.78, 5) is 28.2. The lowest BCUT2D eigenvalue weighted by molar-refractivity contribution is 0.0600. The van der Waals surface area contributed by atoms with Crippen LogP contribution >= 0.6 is 0 Å². The van der Waals surface area contributed by atoms with E-state index >= 15 is 0 Å². The van der Waals surface area contributed by atoms with Crippen LogP contribution in [0.3, 0.4) is 0 Å². The van der Waals surface area contributed by atoms with E-state index in [1.807, 2.05) is 0 Å². The number of aryl methyl sites for hydroxylation is 1. The summed E-state index contributed by atoms with van der Waals surface area (Å²) in [5.41, 5.74) is 1.94. The molecular formula is C14H15N3O3. The van der Waals surface area contributed by atoms with Gasteiger partial charge >= 0.3 is 5.97 Å². The maximum absolute atomic E-state index is 12.3. The molecule has 2 aromatic rings. The van der Waals surface area contributed by atoms with Gasteiger partial charge in [0.25, 0.3) is 5.56 Å². The molecule has 0 amide bonds. The fourth-order valence-corrected chi connectivity index (χ4v) is 2.21. The van der Waals surface area contributed by atoms with Gasteiger partial charge in [0.2, 0.25) is 0 Å². The summed E-state index contributed by atoms with van der Waals surface area (Å²) in [6, 6.07) is 3.50. The first-order valence-electron chi connectivity index (χ1n) is 6.47. The summed E-state index contributed by atoms with van der Waals surface area (Å²) < 4.78 is 6.33. The van der Waals surface area contributed by atoms with Crippen LogP contribution in [-0.2, 0) is 4.74 Å². The lowest BCUT2D eigenvalue weighted by Gasteiger charge is -2.03. The number of esters is 1. The second-order valence-electron chi connectivity index (χ2n) is 4.97. The molecule has 6 heteroatoms. The molecule has 0 bridgehead atoms. The van der Waals surface area contributed by atoms with Crippen molar-refractivity contribution in [3.05, 3.63) is 39.9 Å². The first kappa shape index (κ1) is 12.7. The third-order valence-electron chi connectivity index (χ3n) is 3.36. The largest absolute Gasteiger partial charge is 0.465 e. The van der Waals surface area contributed by atoms with Crippen LogP contribution in [0.5, 0.6) is 0 Å². The number of rotatable bonds is 3. The molecule has 2 heterocycles. The van der Waals surface area contributed by atoms with Gasteiger partial charge in [-0.15, -0.1) is 0 Å². The molecule has 2 aromatic heterocycles. The van der Waals surface area contributed by atoms with Crippen LogP contribution in [0.25, 0.3) is 11.3 Å². The van der Waals surface area contributed by atoms with Crippen molar-refractivity contribution in [2.75, 3.05) is 7.11 Å². The van der Waals surface area contributed by atoms with E-state index in [1.165, 1.54) is 7.11 Å². The third kappa shape index (κ3) is 2.13. The highest BCUT2D eigenvalue weighted by Gasteiger charge is 2.27. The number of H-pyrrole nitrogens is 1. The number of aromatic nitrogens is 3. The molecule has 0 atom stereocenters. The van der Waals surface area contributed by atoms with E-state index in [1.54, 1.807) is 29.9 Å². The monoisotopic (exact) mass is 273 g/mol. The van der Waals surface area contributed by atoms with E-state index in [0.717, 1.165) is 12.8 Å². The Balaban J connectivity index is 2.07. The molecule has 1 saturated carbocycles. The van der Waals surface area contributed by atoms with Crippen molar-refractivity contribution in [2.45, 2.75) is 25.8 Å². The van der Waals surface area contributed by atoms with Crippen LogP contribution in [0.15, 0.2) is 23.1 Å². The number of hydrogen-bond donors (Lipinski definition) is 1. The van der Waals surface area contributed by atoms with Crippen LogP contribution < -0.4 is 5.56 Å². The SMILES string of the molecule is COC(=O)c1cc(C)nc(-c2c[nH]n(C3CC3)c2=O)c1. The van der Waals surface area contributed by atoms with Gasteiger partial charge in [-0.1, -0.05) is 0 Å². The highest BCUT2D eigenvalue weighted by molar-refractivity contribution is 5.90. The molecule has 1 aliphatic carbocycles. The third-order valence-corrected chi connectivity index (χ3v) is 3.36. The van der Waals surface area contributed by atoms with Crippen LogP contribution in [0.2, 0.25) is 0 Å². The molecule has 104 valence electrons. The summed E-state index contributed by atoms with van der Waals surface area (Å²) in [5, 5.41) is 2.96. The van der Waals surface area contributed by atoms with E-state index in [9.17, 15) is 9.59 Å². The molecule has 0 saturated heterocycles. The number of methoxy groups -OCH3 is 1. The van der Waals surface area contributed by atoms with Crippen molar-refractivity contribution >= 4 is 5.97 Å². The normalized spacial score (nSPS) is 14.3. The average molecular weight is 273 g/mol. The molecule has 0 spiro atoms. The summed E-state index contributed by atoms with van der Waals surface area (Å²) in [6.45, 7) is 1.78. The van der Waals surface area contributed by atoms with Crippen LogP contribution in [-0.4, -0.2) is 27.8 Å². The zero-order chi connectivity index (χ0) is 14.3. The maximum Gasteiger partial charge on any atom is 0.337 e. The quantitative estimate of drug-likeness (QED) is 0.863. The number of hydrogen-bond acceptors (Lipinski definition) is 4. The Labute approximate surface area is 115 Å². The van der Waals surface area contributed by atoms with Gasteiger partial charge in [-0.2, -0.15) is 0 Å². The Hall–Kier alpha value is -2.37. The fraction of sp³-hybridized carbons (Fsp3) is 0.357. The Bertz CT molecular complexity index is 726. The number of carbonyl (C=O) groups excluding carboxylic acids is 1. The van der Waals surface area contributed by atoms with Crippen LogP contribution in [0, 0.1) is 6.92 Å². The van der Waals surface area contributed by atoms with E-state index in [4.69, 9.17) is 4.74 Å². The number of nitrogens with one attached hydrogen (secondary N) is 1. The average Bonchev–Trinajstić information content (AvgIpc) is 3.20. The predicted octanol–water partition coefficient (Wildman–Crippen LogP) is 1.67. The summed E-state index contributed by atoms with van der Waals surface area (Å²) in [7, 11) is 1.33. The molecule has 0 aromatic carbocycles. The van der Waals surface area contributed by atoms with Gasteiger partial charge in [-0.25, -0.2) is 9.48 Å². The van der Waals surface area contributed by atoms with Gasteiger partial charge in [0, 0.05) is 11.9 Å².